The number of rotatable bonds is 5. The molecule has 1 unspecified atom stereocenters. The molecule has 0 amide bonds. The lowest BCUT2D eigenvalue weighted by Gasteiger charge is -2.29. The van der Waals surface area contributed by atoms with Crippen LogP contribution in [0.1, 0.15) is 24.5 Å². The predicted octanol–water partition coefficient (Wildman–Crippen LogP) is 3.64. The number of hydrogen-bond acceptors (Lipinski definition) is 2. The van der Waals surface area contributed by atoms with Crippen LogP contribution in [-0.2, 0) is 12.0 Å². The second-order valence-corrected chi connectivity index (χ2v) is 5.02. The van der Waals surface area contributed by atoms with E-state index in [0.717, 1.165) is 17.5 Å². The molecule has 1 atom stereocenters. The summed E-state index contributed by atoms with van der Waals surface area (Å²) in [6, 6.07) is 15.0. The lowest BCUT2D eigenvalue weighted by molar-refractivity contribution is 0.381. The van der Waals surface area contributed by atoms with Crippen LogP contribution < -0.4 is 10.5 Å². The van der Waals surface area contributed by atoms with Crippen molar-refractivity contribution in [2.75, 3.05) is 7.11 Å². The molecular weight excluding hydrogens is 253 g/mol. The van der Waals surface area contributed by atoms with Crippen LogP contribution in [0.2, 0.25) is 0 Å². The molecular formula is C17H20FNO. The Hall–Kier alpha value is -1.87. The van der Waals surface area contributed by atoms with E-state index in [1.807, 2.05) is 43.3 Å². The molecule has 0 aliphatic heterocycles. The van der Waals surface area contributed by atoms with E-state index < -0.39 is 5.54 Å². The summed E-state index contributed by atoms with van der Waals surface area (Å²) in [6.07, 6.45) is 1.41. The van der Waals surface area contributed by atoms with Crippen molar-refractivity contribution in [3.05, 3.63) is 65.5 Å². The number of hydrogen-bond donors (Lipinski definition) is 1. The van der Waals surface area contributed by atoms with Gasteiger partial charge in [0.05, 0.1) is 7.11 Å². The van der Waals surface area contributed by atoms with Crippen LogP contribution in [0, 0.1) is 5.82 Å². The maximum absolute atomic E-state index is 13.9. The summed E-state index contributed by atoms with van der Waals surface area (Å²) in [5, 5.41) is 0. The molecule has 20 heavy (non-hydrogen) atoms. The Morgan fingerprint density at radius 3 is 2.40 bits per heavy atom. The average molecular weight is 273 g/mol. The number of methoxy groups -OCH3 is 1. The summed E-state index contributed by atoms with van der Waals surface area (Å²) in [7, 11) is 1.46. The van der Waals surface area contributed by atoms with E-state index >= 15 is 0 Å². The average Bonchev–Trinajstić information content (AvgIpc) is 2.48. The van der Waals surface area contributed by atoms with E-state index in [1.165, 1.54) is 13.2 Å². The van der Waals surface area contributed by atoms with Gasteiger partial charge >= 0.3 is 0 Å². The Balaban J connectivity index is 2.33. The number of ether oxygens (including phenoxy) is 1. The Morgan fingerprint density at radius 2 is 1.85 bits per heavy atom. The van der Waals surface area contributed by atoms with Gasteiger partial charge in [0.1, 0.15) is 0 Å². The summed E-state index contributed by atoms with van der Waals surface area (Å²) < 4.78 is 18.8. The Kier molecular flexibility index (Phi) is 4.40. The first-order chi connectivity index (χ1) is 9.59. The van der Waals surface area contributed by atoms with Crippen molar-refractivity contribution in [2.24, 2.45) is 5.73 Å². The topological polar surface area (TPSA) is 35.2 Å². The van der Waals surface area contributed by atoms with Crippen molar-refractivity contribution in [1.29, 1.82) is 0 Å². The molecule has 0 saturated heterocycles. The van der Waals surface area contributed by atoms with Gasteiger partial charge in [-0.3, -0.25) is 0 Å². The molecule has 3 heteroatoms. The van der Waals surface area contributed by atoms with Gasteiger partial charge in [-0.05, 0) is 36.1 Å². The van der Waals surface area contributed by atoms with E-state index in [0.29, 0.717) is 6.42 Å². The fourth-order valence-corrected chi connectivity index (χ4v) is 2.37. The maximum Gasteiger partial charge on any atom is 0.165 e. The first-order valence-electron chi connectivity index (χ1n) is 6.76. The molecule has 2 aromatic carbocycles. The SMILES string of the molecule is CCC(N)(Cc1ccccc1)c1ccc(OC)c(F)c1. The van der Waals surface area contributed by atoms with Crippen molar-refractivity contribution in [3.8, 4) is 5.75 Å². The van der Waals surface area contributed by atoms with Gasteiger partial charge in [0.15, 0.2) is 11.6 Å². The highest BCUT2D eigenvalue weighted by molar-refractivity contribution is 5.35. The van der Waals surface area contributed by atoms with Crippen molar-refractivity contribution < 1.29 is 9.13 Å². The lowest BCUT2D eigenvalue weighted by atomic mass is 9.82. The highest BCUT2D eigenvalue weighted by Crippen LogP contribution is 2.29. The van der Waals surface area contributed by atoms with E-state index in [4.69, 9.17) is 10.5 Å². The zero-order valence-electron chi connectivity index (χ0n) is 11.9. The predicted molar refractivity (Wildman–Crippen MR) is 79.3 cm³/mol. The van der Waals surface area contributed by atoms with Gasteiger partial charge in [-0.15, -0.1) is 0 Å². The molecule has 0 aliphatic carbocycles. The van der Waals surface area contributed by atoms with Gasteiger partial charge < -0.3 is 10.5 Å². The zero-order chi connectivity index (χ0) is 14.6. The largest absolute Gasteiger partial charge is 0.494 e. The van der Waals surface area contributed by atoms with Gasteiger partial charge in [0.2, 0.25) is 0 Å². The third-order valence-corrected chi connectivity index (χ3v) is 3.72. The fraction of sp³-hybridized carbons (Fsp3) is 0.294. The fourth-order valence-electron chi connectivity index (χ4n) is 2.37. The minimum atomic E-state index is -0.575. The van der Waals surface area contributed by atoms with Crippen molar-refractivity contribution in [2.45, 2.75) is 25.3 Å². The molecule has 106 valence electrons. The lowest BCUT2D eigenvalue weighted by Crippen LogP contribution is -2.38. The van der Waals surface area contributed by atoms with Crippen LogP contribution in [0.4, 0.5) is 4.39 Å². The van der Waals surface area contributed by atoms with Gasteiger partial charge in [-0.2, -0.15) is 0 Å². The number of nitrogens with two attached hydrogens (primary N) is 1. The highest BCUT2D eigenvalue weighted by Gasteiger charge is 2.26. The van der Waals surface area contributed by atoms with Crippen molar-refractivity contribution in [1.82, 2.24) is 0 Å². The smallest absolute Gasteiger partial charge is 0.165 e. The molecule has 0 saturated carbocycles. The minimum Gasteiger partial charge on any atom is -0.494 e. The monoisotopic (exact) mass is 273 g/mol. The molecule has 2 aromatic rings. The molecule has 0 fully saturated rings. The summed E-state index contributed by atoms with van der Waals surface area (Å²) >= 11 is 0. The number of halogens is 1. The van der Waals surface area contributed by atoms with Gasteiger partial charge in [0, 0.05) is 5.54 Å². The quantitative estimate of drug-likeness (QED) is 0.902. The zero-order valence-corrected chi connectivity index (χ0v) is 11.9. The van der Waals surface area contributed by atoms with Crippen LogP contribution in [0.15, 0.2) is 48.5 Å². The number of benzene rings is 2. The molecule has 0 aliphatic rings. The van der Waals surface area contributed by atoms with E-state index in [9.17, 15) is 4.39 Å². The molecule has 2 rings (SSSR count). The summed E-state index contributed by atoms with van der Waals surface area (Å²) in [5.41, 5.74) is 7.87. The van der Waals surface area contributed by atoms with Crippen LogP contribution in [-0.4, -0.2) is 7.11 Å². The van der Waals surface area contributed by atoms with E-state index in [2.05, 4.69) is 0 Å². The standard InChI is InChI=1S/C17H20FNO/c1-3-17(19,12-13-7-5-4-6-8-13)14-9-10-16(20-2)15(18)11-14/h4-11H,3,12,19H2,1-2H3. The molecule has 0 heterocycles. The Labute approximate surface area is 119 Å². The molecule has 2 nitrogen and oxygen atoms in total. The maximum atomic E-state index is 13.9. The van der Waals surface area contributed by atoms with Gasteiger partial charge in [-0.25, -0.2) is 4.39 Å². The Bertz CT molecular complexity index is 570. The van der Waals surface area contributed by atoms with Crippen LogP contribution in [0.25, 0.3) is 0 Å². The minimum absolute atomic E-state index is 0.243. The van der Waals surface area contributed by atoms with E-state index in [-0.39, 0.29) is 11.6 Å². The molecule has 0 spiro atoms. The van der Waals surface area contributed by atoms with E-state index in [1.54, 1.807) is 6.07 Å². The summed E-state index contributed by atoms with van der Waals surface area (Å²) in [6.45, 7) is 2.02. The first kappa shape index (κ1) is 14.5. The van der Waals surface area contributed by atoms with Crippen LogP contribution in [0.5, 0.6) is 5.75 Å². The molecule has 0 radical (unpaired) electrons. The van der Waals surface area contributed by atoms with Crippen molar-refractivity contribution >= 4 is 0 Å². The van der Waals surface area contributed by atoms with Crippen LogP contribution >= 0.6 is 0 Å². The summed E-state index contributed by atoms with van der Waals surface area (Å²) in [5.74, 6) is -0.131. The normalized spacial score (nSPS) is 13.8. The molecule has 0 aromatic heterocycles. The van der Waals surface area contributed by atoms with Gasteiger partial charge in [-0.1, -0.05) is 43.3 Å². The second kappa shape index (κ2) is 6.06. The third-order valence-electron chi connectivity index (χ3n) is 3.72. The Morgan fingerprint density at radius 1 is 1.15 bits per heavy atom. The van der Waals surface area contributed by atoms with Crippen LogP contribution in [0.3, 0.4) is 0 Å². The summed E-state index contributed by atoms with van der Waals surface area (Å²) in [4.78, 5) is 0. The molecule has 0 bridgehead atoms. The first-order valence-corrected chi connectivity index (χ1v) is 6.76. The highest BCUT2D eigenvalue weighted by atomic mass is 19.1. The third kappa shape index (κ3) is 2.99. The van der Waals surface area contributed by atoms with Crippen molar-refractivity contribution in [3.63, 3.8) is 0 Å². The molecule has 2 N–H and O–H groups in total. The second-order valence-electron chi connectivity index (χ2n) is 5.02. The van der Waals surface area contributed by atoms with Gasteiger partial charge in [0.25, 0.3) is 0 Å².